The maximum absolute atomic E-state index is 12.6. The van der Waals surface area contributed by atoms with Crippen LogP contribution in [0.2, 0.25) is 0 Å². The van der Waals surface area contributed by atoms with Gasteiger partial charge in [0.25, 0.3) is 0 Å². The largest absolute Gasteiger partial charge is 0.355 e. The van der Waals surface area contributed by atoms with Crippen LogP contribution in [-0.4, -0.2) is 32.3 Å². The summed E-state index contributed by atoms with van der Waals surface area (Å²) in [4.78, 5) is 13.4. The molecule has 0 aliphatic carbocycles. The third kappa shape index (κ3) is 3.70. The van der Waals surface area contributed by atoms with E-state index in [9.17, 15) is 4.79 Å². The summed E-state index contributed by atoms with van der Waals surface area (Å²) in [5.41, 5.74) is 2.30. The summed E-state index contributed by atoms with van der Waals surface area (Å²) < 4.78 is 3.19. The van der Waals surface area contributed by atoms with Gasteiger partial charge in [0.1, 0.15) is 0 Å². The number of aromatic nitrogens is 3. The highest BCUT2D eigenvalue weighted by atomic mass is 32.2. The Bertz CT molecular complexity index is 1070. The SMILES string of the molecule is CC(Sc1nnc2sc3ccccc3n12)C(=O)NCC(C)c1ccccc1. The fourth-order valence-corrected chi connectivity index (χ4v) is 4.85. The first kappa shape index (κ1) is 18.0. The first-order valence-corrected chi connectivity index (χ1v) is 10.5. The number of nitrogens with one attached hydrogen (secondary N) is 1. The normalized spacial score (nSPS) is 13.7. The van der Waals surface area contributed by atoms with E-state index in [1.807, 2.05) is 41.7 Å². The van der Waals surface area contributed by atoms with Gasteiger partial charge in [-0.3, -0.25) is 9.20 Å². The average molecular weight is 397 g/mol. The number of carbonyl (C=O) groups is 1. The Hall–Kier alpha value is -2.38. The molecular formula is C20H20N4OS2. The third-order valence-corrected chi connectivity index (χ3v) is 6.57. The lowest BCUT2D eigenvalue weighted by Crippen LogP contribution is -2.33. The summed E-state index contributed by atoms with van der Waals surface area (Å²) in [7, 11) is 0. The van der Waals surface area contributed by atoms with Crippen molar-refractivity contribution in [1.82, 2.24) is 19.9 Å². The highest BCUT2D eigenvalue weighted by molar-refractivity contribution is 8.00. The van der Waals surface area contributed by atoms with E-state index in [1.54, 1.807) is 11.3 Å². The predicted molar refractivity (Wildman–Crippen MR) is 112 cm³/mol. The van der Waals surface area contributed by atoms with Crippen molar-refractivity contribution in [1.29, 1.82) is 0 Å². The molecule has 0 bridgehead atoms. The maximum atomic E-state index is 12.6. The second kappa shape index (κ2) is 7.70. The van der Waals surface area contributed by atoms with E-state index in [4.69, 9.17) is 0 Å². The fraction of sp³-hybridized carbons (Fsp3) is 0.250. The Balaban J connectivity index is 1.43. The Morgan fingerprint density at radius 2 is 1.85 bits per heavy atom. The van der Waals surface area contributed by atoms with E-state index < -0.39 is 0 Å². The van der Waals surface area contributed by atoms with Crippen molar-refractivity contribution >= 4 is 44.2 Å². The van der Waals surface area contributed by atoms with Gasteiger partial charge in [-0.2, -0.15) is 0 Å². The molecule has 1 N–H and O–H groups in total. The van der Waals surface area contributed by atoms with Gasteiger partial charge in [0.05, 0.1) is 15.5 Å². The number of benzene rings is 2. The number of carbonyl (C=O) groups excluding carboxylic acids is 1. The van der Waals surface area contributed by atoms with Crippen molar-refractivity contribution < 1.29 is 4.79 Å². The van der Waals surface area contributed by atoms with Crippen LogP contribution in [0.3, 0.4) is 0 Å². The highest BCUT2D eigenvalue weighted by Crippen LogP contribution is 2.31. The topological polar surface area (TPSA) is 59.3 Å². The minimum atomic E-state index is -0.251. The van der Waals surface area contributed by atoms with Gasteiger partial charge in [-0.1, -0.05) is 72.5 Å². The minimum Gasteiger partial charge on any atom is -0.355 e. The molecule has 1 amide bonds. The lowest BCUT2D eigenvalue weighted by Gasteiger charge is -2.15. The predicted octanol–water partition coefficient (Wildman–Crippen LogP) is 4.34. The standard InChI is InChI=1S/C20H20N4OS2/c1-13(15-8-4-3-5-9-15)12-21-18(25)14(2)26-19-22-23-20-24(19)16-10-6-7-11-17(16)27-20/h3-11,13-14H,12H2,1-2H3,(H,21,25). The van der Waals surface area contributed by atoms with Gasteiger partial charge in [-0.05, 0) is 30.5 Å². The molecule has 2 atom stereocenters. The maximum Gasteiger partial charge on any atom is 0.233 e. The number of para-hydroxylation sites is 1. The molecule has 4 rings (SSSR count). The van der Waals surface area contributed by atoms with Crippen LogP contribution in [0.4, 0.5) is 0 Å². The van der Waals surface area contributed by atoms with Crippen LogP contribution in [-0.2, 0) is 4.79 Å². The molecule has 0 aliphatic rings. The number of fused-ring (bicyclic) bond motifs is 3. The zero-order valence-corrected chi connectivity index (χ0v) is 16.8. The lowest BCUT2D eigenvalue weighted by molar-refractivity contribution is -0.120. The van der Waals surface area contributed by atoms with Crippen LogP contribution in [0.1, 0.15) is 25.3 Å². The first-order valence-electron chi connectivity index (χ1n) is 8.85. The quantitative estimate of drug-likeness (QED) is 0.493. The molecule has 2 aromatic heterocycles. The number of nitrogens with zero attached hydrogens (tertiary/aromatic N) is 3. The molecule has 138 valence electrons. The number of amides is 1. The van der Waals surface area contributed by atoms with E-state index in [-0.39, 0.29) is 17.1 Å². The van der Waals surface area contributed by atoms with Crippen molar-refractivity contribution in [2.45, 2.75) is 30.2 Å². The Morgan fingerprint density at radius 3 is 2.67 bits per heavy atom. The summed E-state index contributed by atoms with van der Waals surface area (Å²) >= 11 is 3.04. The molecule has 7 heteroatoms. The summed E-state index contributed by atoms with van der Waals surface area (Å²) in [5.74, 6) is 0.284. The van der Waals surface area contributed by atoms with Crippen LogP contribution in [0, 0.1) is 0 Å². The zero-order valence-electron chi connectivity index (χ0n) is 15.1. The van der Waals surface area contributed by atoms with E-state index in [0.29, 0.717) is 6.54 Å². The van der Waals surface area contributed by atoms with Crippen LogP contribution >= 0.6 is 23.1 Å². The van der Waals surface area contributed by atoms with Crippen molar-refractivity contribution in [3.05, 3.63) is 60.2 Å². The molecule has 27 heavy (non-hydrogen) atoms. The molecule has 0 saturated carbocycles. The number of hydrogen-bond acceptors (Lipinski definition) is 5. The molecule has 0 radical (unpaired) electrons. The highest BCUT2D eigenvalue weighted by Gasteiger charge is 2.20. The minimum absolute atomic E-state index is 0.0130. The third-order valence-electron chi connectivity index (χ3n) is 4.51. The van der Waals surface area contributed by atoms with Gasteiger partial charge < -0.3 is 5.32 Å². The smallest absolute Gasteiger partial charge is 0.233 e. The van der Waals surface area contributed by atoms with Crippen LogP contribution in [0.15, 0.2) is 59.8 Å². The van der Waals surface area contributed by atoms with Gasteiger partial charge in [0, 0.05) is 6.54 Å². The zero-order chi connectivity index (χ0) is 18.8. The number of thioether (sulfide) groups is 1. The van der Waals surface area contributed by atoms with Crippen molar-refractivity contribution in [3.63, 3.8) is 0 Å². The van der Waals surface area contributed by atoms with Crippen molar-refractivity contribution in [2.75, 3.05) is 6.54 Å². The van der Waals surface area contributed by atoms with Crippen molar-refractivity contribution in [3.8, 4) is 0 Å². The second-order valence-corrected chi connectivity index (χ2v) is 8.80. The molecule has 2 aromatic carbocycles. The van der Waals surface area contributed by atoms with Crippen LogP contribution in [0.5, 0.6) is 0 Å². The van der Waals surface area contributed by atoms with Crippen LogP contribution < -0.4 is 5.32 Å². The Morgan fingerprint density at radius 1 is 1.11 bits per heavy atom. The molecule has 5 nitrogen and oxygen atoms in total. The molecular weight excluding hydrogens is 376 g/mol. The number of thiazole rings is 1. The van der Waals surface area contributed by atoms with Gasteiger partial charge >= 0.3 is 0 Å². The number of rotatable bonds is 6. The first-order chi connectivity index (χ1) is 13.1. The molecule has 0 saturated heterocycles. The molecule has 0 spiro atoms. The van der Waals surface area contributed by atoms with Gasteiger partial charge in [-0.15, -0.1) is 10.2 Å². The van der Waals surface area contributed by atoms with Crippen molar-refractivity contribution in [2.24, 2.45) is 0 Å². The summed E-state index contributed by atoms with van der Waals surface area (Å²) in [5, 5.41) is 12.1. The van der Waals surface area contributed by atoms with E-state index in [1.165, 1.54) is 17.3 Å². The summed E-state index contributed by atoms with van der Waals surface area (Å²) in [6, 6.07) is 18.4. The Labute approximate surface area is 165 Å². The van der Waals surface area contributed by atoms with Crippen LogP contribution in [0.25, 0.3) is 15.2 Å². The van der Waals surface area contributed by atoms with E-state index in [2.05, 4.69) is 46.7 Å². The fourth-order valence-electron chi connectivity index (χ4n) is 2.94. The monoisotopic (exact) mass is 396 g/mol. The molecule has 2 unspecified atom stereocenters. The molecule has 2 heterocycles. The number of hydrogen-bond donors (Lipinski definition) is 1. The van der Waals surface area contributed by atoms with Gasteiger partial charge in [0.15, 0.2) is 5.16 Å². The molecule has 4 aromatic rings. The second-order valence-electron chi connectivity index (χ2n) is 6.49. The lowest BCUT2D eigenvalue weighted by atomic mass is 10.0. The molecule has 0 fully saturated rings. The average Bonchev–Trinajstić information content (AvgIpc) is 3.26. The van der Waals surface area contributed by atoms with E-state index in [0.717, 1.165) is 20.3 Å². The summed E-state index contributed by atoms with van der Waals surface area (Å²) in [6.45, 7) is 4.64. The summed E-state index contributed by atoms with van der Waals surface area (Å²) in [6.07, 6.45) is 0. The molecule has 0 aliphatic heterocycles. The van der Waals surface area contributed by atoms with Gasteiger partial charge in [-0.25, -0.2) is 0 Å². The Kier molecular flexibility index (Phi) is 5.13. The van der Waals surface area contributed by atoms with Gasteiger partial charge in [0.2, 0.25) is 10.9 Å². The van der Waals surface area contributed by atoms with E-state index >= 15 is 0 Å².